The van der Waals surface area contributed by atoms with Gasteiger partial charge in [0, 0.05) is 0 Å². The van der Waals surface area contributed by atoms with Crippen molar-refractivity contribution in [3.8, 4) is 0 Å². The van der Waals surface area contributed by atoms with E-state index in [1.165, 1.54) is 0 Å². The Balaban J connectivity index is 0.00000121. The zero-order chi connectivity index (χ0) is 8.10. The van der Waals surface area contributed by atoms with Crippen LogP contribution in [0.15, 0.2) is 22.8 Å². The normalized spacial score (nSPS) is 9.00. The maximum Gasteiger partial charge on any atom is 0.317 e. The van der Waals surface area contributed by atoms with Gasteiger partial charge in [-0.2, -0.15) is 0 Å². The third kappa shape index (κ3) is 4.00. The van der Waals surface area contributed by atoms with Gasteiger partial charge in [0.1, 0.15) is 5.76 Å². The summed E-state index contributed by atoms with van der Waals surface area (Å²) in [6.45, 7) is 0.417. The molecular formula is C7H10ClNO3. The smallest absolute Gasteiger partial charge is 0.317 e. The van der Waals surface area contributed by atoms with Crippen molar-refractivity contribution in [2.45, 2.75) is 6.54 Å². The van der Waals surface area contributed by atoms with Crippen LogP contribution in [0, 0.1) is 0 Å². The number of hydrogen-bond acceptors (Lipinski definition) is 3. The van der Waals surface area contributed by atoms with Gasteiger partial charge in [0.05, 0.1) is 19.4 Å². The molecule has 1 rings (SSSR count). The zero-order valence-corrected chi connectivity index (χ0v) is 7.13. The average molecular weight is 192 g/mol. The van der Waals surface area contributed by atoms with E-state index in [1.54, 1.807) is 18.4 Å². The molecule has 5 heteroatoms. The first-order valence-corrected chi connectivity index (χ1v) is 3.24. The lowest BCUT2D eigenvalue weighted by Gasteiger charge is -1.96. The molecule has 12 heavy (non-hydrogen) atoms. The molecule has 0 aliphatic rings. The van der Waals surface area contributed by atoms with Crippen LogP contribution in [0.2, 0.25) is 0 Å². The Hall–Kier alpha value is -1.00. The monoisotopic (exact) mass is 191 g/mol. The van der Waals surface area contributed by atoms with E-state index in [-0.39, 0.29) is 19.0 Å². The predicted molar refractivity (Wildman–Crippen MR) is 45.3 cm³/mol. The summed E-state index contributed by atoms with van der Waals surface area (Å²) in [5, 5.41) is 10.9. The molecule has 1 heterocycles. The number of carboxylic acids is 1. The molecule has 68 valence electrons. The molecule has 0 unspecified atom stereocenters. The van der Waals surface area contributed by atoms with E-state index in [1.807, 2.05) is 0 Å². The standard InChI is InChI=1S/C7H9NO3.ClH/c9-7(10)5-8-4-6-2-1-3-11-6;/h1-3,8H,4-5H2,(H,9,10);1H. The third-order valence-corrected chi connectivity index (χ3v) is 1.16. The number of aliphatic carboxylic acids is 1. The number of nitrogens with one attached hydrogen (secondary N) is 1. The van der Waals surface area contributed by atoms with Crippen LogP contribution >= 0.6 is 12.4 Å². The highest BCUT2D eigenvalue weighted by molar-refractivity contribution is 5.85. The van der Waals surface area contributed by atoms with Crippen molar-refractivity contribution >= 4 is 18.4 Å². The molecule has 1 aromatic heterocycles. The molecule has 0 saturated heterocycles. The fourth-order valence-corrected chi connectivity index (χ4v) is 0.706. The Morgan fingerprint density at radius 3 is 2.92 bits per heavy atom. The summed E-state index contributed by atoms with van der Waals surface area (Å²) in [5.41, 5.74) is 0. The molecule has 4 nitrogen and oxygen atoms in total. The number of rotatable bonds is 4. The molecule has 0 amide bonds. The predicted octanol–water partition coefficient (Wildman–Crippen LogP) is 0.876. The van der Waals surface area contributed by atoms with Gasteiger partial charge in [-0.05, 0) is 12.1 Å². The van der Waals surface area contributed by atoms with E-state index >= 15 is 0 Å². The summed E-state index contributed by atoms with van der Waals surface area (Å²) >= 11 is 0. The van der Waals surface area contributed by atoms with Gasteiger partial charge in [-0.3, -0.25) is 10.1 Å². The highest BCUT2D eigenvalue weighted by Gasteiger charge is 1.97. The molecule has 0 aliphatic heterocycles. The van der Waals surface area contributed by atoms with Crippen molar-refractivity contribution in [3.05, 3.63) is 24.2 Å². The largest absolute Gasteiger partial charge is 0.480 e. The molecule has 0 atom stereocenters. The lowest BCUT2D eigenvalue weighted by Crippen LogP contribution is -2.21. The van der Waals surface area contributed by atoms with Gasteiger partial charge in [0.15, 0.2) is 0 Å². The summed E-state index contributed by atoms with van der Waals surface area (Å²) in [6, 6.07) is 3.55. The van der Waals surface area contributed by atoms with Gasteiger partial charge in [0.2, 0.25) is 0 Å². The maximum absolute atomic E-state index is 10.0. The Morgan fingerprint density at radius 1 is 1.67 bits per heavy atom. The molecule has 0 aliphatic carbocycles. The molecule has 2 N–H and O–H groups in total. The Bertz CT molecular complexity index is 223. The summed E-state index contributed by atoms with van der Waals surface area (Å²) in [5.74, 6) is -0.122. The number of halogens is 1. The summed E-state index contributed by atoms with van der Waals surface area (Å²) in [4.78, 5) is 10.0. The maximum atomic E-state index is 10.0. The molecule has 1 aromatic rings. The molecule has 0 saturated carbocycles. The van der Waals surface area contributed by atoms with Gasteiger partial charge >= 0.3 is 5.97 Å². The van der Waals surface area contributed by atoms with Crippen molar-refractivity contribution < 1.29 is 14.3 Å². The molecule has 0 bridgehead atoms. The van der Waals surface area contributed by atoms with Gasteiger partial charge in [-0.15, -0.1) is 12.4 Å². The van der Waals surface area contributed by atoms with Crippen LogP contribution in [-0.2, 0) is 11.3 Å². The second-order valence-corrected chi connectivity index (χ2v) is 2.08. The van der Waals surface area contributed by atoms with Crippen LogP contribution < -0.4 is 5.32 Å². The minimum Gasteiger partial charge on any atom is -0.480 e. The number of hydrogen-bond donors (Lipinski definition) is 2. The van der Waals surface area contributed by atoms with Gasteiger partial charge in [-0.1, -0.05) is 0 Å². The van der Waals surface area contributed by atoms with E-state index in [2.05, 4.69) is 5.32 Å². The van der Waals surface area contributed by atoms with Gasteiger partial charge in [-0.25, -0.2) is 0 Å². The summed E-state index contributed by atoms with van der Waals surface area (Å²) in [7, 11) is 0. The second kappa shape index (κ2) is 5.62. The van der Waals surface area contributed by atoms with E-state index in [0.29, 0.717) is 6.54 Å². The molecule has 0 aromatic carbocycles. The molecule has 0 radical (unpaired) electrons. The van der Waals surface area contributed by atoms with Crippen molar-refractivity contribution in [2.24, 2.45) is 0 Å². The number of carboxylic acid groups (broad SMARTS) is 1. The Labute approximate surface area is 76.0 Å². The number of furan rings is 1. The topological polar surface area (TPSA) is 62.5 Å². The van der Waals surface area contributed by atoms with Crippen molar-refractivity contribution in [1.29, 1.82) is 0 Å². The first kappa shape index (κ1) is 11.0. The van der Waals surface area contributed by atoms with Crippen LogP contribution in [0.4, 0.5) is 0 Å². The van der Waals surface area contributed by atoms with E-state index in [0.717, 1.165) is 5.76 Å². The van der Waals surface area contributed by atoms with Gasteiger partial charge in [0.25, 0.3) is 0 Å². The Morgan fingerprint density at radius 2 is 2.42 bits per heavy atom. The van der Waals surface area contributed by atoms with Gasteiger partial charge < -0.3 is 9.52 Å². The summed E-state index contributed by atoms with van der Waals surface area (Å²) in [6.07, 6.45) is 1.55. The minimum absolute atomic E-state index is 0. The quantitative estimate of drug-likeness (QED) is 0.742. The van der Waals surface area contributed by atoms with Crippen molar-refractivity contribution in [2.75, 3.05) is 6.54 Å². The van der Waals surface area contributed by atoms with Crippen LogP contribution in [0.1, 0.15) is 5.76 Å². The zero-order valence-electron chi connectivity index (χ0n) is 6.32. The average Bonchev–Trinajstić information content (AvgIpc) is 2.39. The van der Waals surface area contributed by atoms with E-state index in [4.69, 9.17) is 9.52 Å². The third-order valence-electron chi connectivity index (χ3n) is 1.16. The van der Waals surface area contributed by atoms with Crippen LogP contribution in [0.25, 0.3) is 0 Å². The molecule has 0 fully saturated rings. The van der Waals surface area contributed by atoms with Crippen molar-refractivity contribution in [3.63, 3.8) is 0 Å². The molecular weight excluding hydrogens is 182 g/mol. The van der Waals surface area contributed by atoms with Crippen molar-refractivity contribution in [1.82, 2.24) is 5.32 Å². The number of carbonyl (C=O) groups is 1. The minimum atomic E-state index is -0.864. The van der Waals surface area contributed by atoms with Crippen LogP contribution in [0.5, 0.6) is 0 Å². The van der Waals surface area contributed by atoms with Crippen LogP contribution in [0.3, 0.4) is 0 Å². The fourth-order valence-electron chi connectivity index (χ4n) is 0.706. The van der Waals surface area contributed by atoms with E-state index in [9.17, 15) is 4.79 Å². The lowest BCUT2D eigenvalue weighted by atomic mass is 10.4. The first-order chi connectivity index (χ1) is 5.29. The Kier molecular flexibility index (Phi) is 5.16. The van der Waals surface area contributed by atoms with Crippen LogP contribution in [-0.4, -0.2) is 17.6 Å². The summed E-state index contributed by atoms with van der Waals surface area (Å²) < 4.78 is 4.96. The highest BCUT2D eigenvalue weighted by atomic mass is 35.5. The second-order valence-electron chi connectivity index (χ2n) is 2.08. The van der Waals surface area contributed by atoms with E-state index < -0.39 is 5.97 Å². The first-order valence-electron chi connectivity index (χ1n) is 3.24. The highest BCUT2D eigenvalue weighted by Crippen LogP contribution is 1.97. The fraction of sp³-hybridized carbons (Fsp3) is 0.286. The molecule has 0 spiro atoms. The SMILES string of the molecule is Cl.O=C(O)CNCc1ccco1. The lowest BCUT2D eigenvalue weighted by molar-refractivity contribution is -0.136.